The standard InChI is InChI=1S/C28H47N3O3.ClH/c1-2-3-4-5-6-7-8-9-10-11-12-13-14-17-25(32)30-26(28(34)31-22-15-16-23-31)27(33)24-18-20-29-21-19-24;/h18-21,26-27,33H,2-17,22-23H2,1H3,(H,30,32);1H/t26?,27-;/m0./s1. The molecule has 2 amide bonds. The molecular formula is C28H48ClN3O3. The number of aliphatic hydroxyl groups excluding tert-OH is 1. The predicted molar refractivity (Wildman–Crippen MR) is 145 cm³/mol. The Labute approximate surface area is 219 Å². The van der Waals surface area contributed by atoms with Gasteiger partial charge in [-0.15, -0.1) is 12.4 Å². The molecule has 7 heteroatoms. The maximum Gasteiger partial charge on any atom is 0.248 e. The Bertz CT molecular complexity index is 683. The van der Waals surface area contributed by atoms with E-state index < -0.39 is 12.1 Å². The molecule has 1 aromatic rings. The van der Waals surface area contributed by atoms with Gasteiger partial charge in [-0.25, -0.2) is 0 Å². The number of nitrogens with zero attached hydrogens (tertiary/aromatic N) is 2. The van der Waals surface area contributed by atoms with Crippen molar-refractivity contribution in [3.05, 3.63) is 30.1 Å². The van der Waals surface area contributed by atoms with Gasteiger partial charge in [0.25, 0.3) is 0 Å². The van der Waals surface area contributed by atoms with Crippen LogP contribution < -0.4 is 5.32 Å². The second-order valence-corrected chi connectivity index (χ2v) is 9.80. The first-order valence-corrected chi connectivity index (χ1v) is 13.8. The second-order valence-electron chi connectivity index (χ2n) is 9.80. The highest BCUT2D eigenvalue weighted by Crippen LogP contribution is 2.20. The molecule has 1 fully saturated rings. The summed E-state index contributed by atoms with van der Waals surface area (Å²) in [4.78, 5) is 31.4. The van der Waals surface area contributed by atoms with Gasteiger partial charge in [0.05, 0.1) is 0 Å². The number of hydrogen-bond acceptors (Lipinski definition) is 4. The maximum absolute atomic E-state index is 13.0. The van der Waals surface area contributed by atoms with Gasteiger partial charge in [0.15, 0.2) is 0 Å². The largest absolute Gasteiger partial charge is 0.386 e. The Morgan fingerprint density at radius 3 is 1.89 bits per heavy atom. The first-order chi connectivity index (χ1) is 16.6. The zero-order valence-electron chi connectivity index (χ0n) is 21.8. The summed E-state index contributed by atoms with van der Waals surface area (Å²) in [5, 5.41) is 13.7. The number of halogens is 1. The fourth-order valence-corrected chi connectivity index (χ4v) is 4.71. The number of hydrogen-bond donors (Lipinski definition) is 2. The van der Waals surface area contributed by atoms with Crippen LogP contribution in [-0.2, 0) is 9.59 Å². The van der Waals surface area contributed by atoms with Crippen LogP contribution in [0.4, 0.5) is 0 Å². The van der Waals surface area contributed by atoms with Gasteiger partial charge < -0.3 is 15.3 Å². The van der Waals surface area contributed by atoms with Crippen LogP contribution >= 0.6 is 12.4 Å². The van der Waals surface area contributed by atoms with Crippen molar-refractivity contribution in [1.29, 1.82) is 0 Å². The van der Waals surface area contributed by atoms with Gasteiger partial charge in [-0.2, -0.15) is 0 Å². The number of aromatic nitrogens is 1. The molecule has 0 radical (unpaired) electrons. The van der Waals surface area contributed by atoms with Gasteiger partial charge in [-0.1, -0.05) is 84.0 Å². The van der Waals surface area contributed by atoms with Crippen LogP contribution in [0.3, 0.4) is 0 Å². The van der Waals surface area contributed by atoms with E-state index in [1.54, 1.807) is 29.4 Å². The van der Waals surface area contributed by atoms with Gasteiger partial charge >= 0.3 is 0 Å². The molecule has 0 spiro atoms. The third-order valence-electron chi connectivity index (χ3n) is 6.87. The third kappa shape index (κ3) is 12.7. The Morgan fingerprint density at radius 2 is 1.37 bits per heavy atom. The quantitative estimate of drug-likeness (QED) is 0.233. The van der Waals surface area contributed by atoms with Crippen molar-refractivity contribution in [2.45, 2.75) is 122 Å². The first kappa shape index (κ1) is 31.4. The molecule has 0 saturated carbocycles. The summed E-state index contributed by atoms with van der Waals surface area (Å²) in [6, 6.07) is 2.43. The summed E-state index contributed by atoms with van der Waals surface area (Å²) in [6.07, 6.45) is 20.8. The molecule has 2 atom stereocenters. The Balaban J connectivity index is 0.00000612. The van der Waals surface area contributed by atoms with Crippen molar-refractivity contribution in [1.82, 2.24) is 15.2 Å². The van der Waals surface area contributed by atoms with Crippen molar-refractivity contribution in [3.8, 4) is 0 Å². The molecule has 1 aliphatic rings. The number of nitrogens with one attached hydrogen (secondary N) is 1. The third-order valence-corrected chi connectivity index (χ3v) is 6.87. The first-order valence-electron chi connectivity index (χ1n) is 13.8. The predicted octanol–water partition coefficient (Wildman–Crippen LogP) is 6.13. The summed E-state index contributed by atoms with van der Waals surface area (Å²) in [6.45, 7) is 3.63. The molecular weight excluding hydrogens is 462 g/mol. The van der Waals surface area contributed by atoms with Crippen LogP contribution in [0.25, 0.3) is 0 Å². The van der Waals surface area contributed by atoms with E-state index in [0.717, 1.165) is 32.1 Å². The number of amides is 2. The molecule has 6 nitrogen and oxygen atoms in total. The normalized spacial score (nSPS) is 14.9. The number of unbranched alkanes of at least 4 members (excludes halogenated alkanes) is 12. The lowest BCUT2D eigenvalue weighted by Crippen LogP contribution is -2.51. The van der Waals surface area contributed by atoms with E-state index in [4.69, 9.17) is 0 Å². The SMILES string of the molecule is CCCCCCCCCCCCCCCC(=O)NC(C(=O)N1CCCC1)[C@@H](O)c1ccncc1.Cl. The molecule has 2 N–H and O–H groups in total. The number of likely N-dealkylation sites (tertiary alicyclic amines) is 1. The lowest BCUT2D eigenvalue weighted by atomic mass is 10.0. The van der Waals surface area contributed by atoms with E-state index in [1.165, 1.54) is 64.2 Å². The van der Waals surface area contributed by atoms with Crippen molar-refractivity contribution < 1.29 is 14.7 Å². The summed E-state index contributed by atoms with van der Waals surface area (Å²) in [5.41, 5.74) is 0.591. The monoisotopic (exact) mass is 509 g/mol. The lowest BCUT2D eigenvalue weighted by molar-refractivity contribution is -0.139. The maximum atomic E-state index is 13.0. The number of pyridine rings is 1. The molecule has 2 heterocycles. The van der Waals surface area contributed by atoms with Crippen molar-refractivity contribution in [3.63, 3.8) is 0 Å². The second kappa shape index (κ2) is 19.5. The molecule has 0 aliphatic carbocycles. The molecule has 1 unspecified atom stereocenters. The molecule has 35 heavy (non-hydrogen) atoms. The zero-order valence-corrected chi connectivity index (χ0v) is 22.6. The van der Waals surface area contributed by atoms with E-state index in [9.17, 15) is 14.7 Å². The van der Waals surface area contributed by atoms with Crippen LogP contribution in [0.1, 0.15) is 121 Å². The van der Waals surface area contributed by atoms with Crippen LogP contribution in [-0.4, -0.2) is 45.9 Å². The van der Waals surface area contributed by atoms with Crippen LogP contribution in [0, 0.1) is 0 Å². The Hall–Kier alpha value is -1.66. The molecule has 2 rings (SSSR count). The van der Waals surface area contributed by atoms with Crippen LogP contribution in [0.2, 0.25) is 0 Å². The summed E-state index contributed by atoms with van der Waals surface area (Å²) < 4.78 is 0. The van der Waals surface area contributed by atoms with Crippen molar-refractivity contribution in [2.75, 3.05) is 13.1 Å². The fourth-order valence-electron chi connectivity index (χ4n) is 4.71. The summed E-state index contributed by atoms with van der Waals surface area (Å²) in [5.74, 6) is -0.353. The van der Waals surface area contributed by atoms with Crippen molar-refractivity contribution >= 4 is 24.2 Å². The molecule has 1 aromatic heterocycles. The van der Waals surface area contributed by atoms with Crippen LogP contribution in [0.15, 0.2) is 24.5 Å². The minimum absolute atomic E-state index is 0. The van der Waals surface area contributed by atoms with E-state index in [-0.39, 0.29) is 24.2 Å². The number of rotatable bonds is 18. The minimum atomic E-state index is -1.08. The Morgan fingerprint density at radius 1 is 0.886 bits per heavy atom. The van der Waals surface area contributed by atoms with Crippen LogP contribution in [0.5, 0.6) is 0 Å². The van der Waals surface area contributed by atoms with Crippen molar-refractivity contribution in [2.24, 2.45) is 0 Å². The van der Waals surface area contributed by atoms with Gasteiger partial charge in [-0.3, -0.25) is 14.6 Å². The summed E-state index contributed by atoms with van der Waals surface area (Å²) >= 11 is 0. The highest BCUT2D eigenvalue weighted by molar-refractivity contribution is 5.88. The lowest BCUT2D eigenvalue weighted by Gasteiger charge is -2.28. The minimum Gasteiger partial charge on any atom is -0.386 e. The number of carbonyl (C=O) groups is 2. The zero-order chi connectivity index (χ0) is 24.4. The van der Waals surface area contributed by atoms with Gasteiger partial charge in [0.2, 0.25) is 11.8 Å². The van der Waals surface area contributed by atoms with Gasteiger partial charge in [0.1, 0.15) is 12.1 Å². The highest BCUT2D eigenvalue weighted by Gasteiger charge is 2.33. The molecule has 1 saturated heterocycles. The summed E-state index contributed by atoms with van der Waals surface area (Å²) in [7, 11) is 0. The highest BCUT2D eigenvalue weighted by atomic mass is 35.5. The fraction of sp³-hybridized carbons (Fsp3) is 0.750. The van der Waals surface area contributed by atoms with E-state index in [1.807, 2.05) is 0 Å². The molecule has 0 bridgehead atoms. The van der Waals surface area contributed by atoms with Gasteiger partial charge in [-0.05, 0) is 37.0 Å². The Kier molecular flexibility index (Phi) is 17.5. The molecule has 0 aromatic carbocycles. The van der Waals surface area contributed by atoms with E-state index in [2.05, 4.69) is 17.2 Å². The molecule has 200 valence electrons. The van der Waals surface area contributed by atoms with Gasteiger partial charge in [0, 0.05) is 31.9 Å². The van der Waals surface area contributed by atoms with E-state index in [0.29, 0.717) is 25.1 Å². The number of carbonyl (C=O) groups excluding carboxylic acids is 2. The number of aliphatic hydroxyl groups is 1. The average molecular weight is 510 g/mol. The molecule has 1 aliphatic heterocycles. The van der Waals surface area contributed by atoms with E-state index >= 15 is 0 Å². The smallest absolute Gasteiger partial charge is 0.248 e. The average Bonchev–Trinajstić information content (AvgIpc) is 3.40. The topological polar surface area (TPSA) is 82.5 Å².